The molecule has 0 radical (unpaired) electrons. The van der Waals surface area contributed by atoms with E-state index in [1.165, 1.54) is 75.1 Å². The largest absolute Gasteiger partial charge is 0.453 e. The number of carbonyl (C=O) groups is 4. The van der Waals surface area contributed by atoms with Crippen molar-refractivity contribution in [1.29, 1.82) is 0 Å². The Morgan fingerprint density at radius 2 is 1.18 bits per heavy atom. The lowest BCUT2D eigenvalue weighted by Crippen LogP contribution is -2.52. The quantitative estimate of drug-likeness (QED) is 0.0947. The molecule has 4 bridgehead atoms. The number of nitrogens with one attached hydrogen (secondary N) is 4. The summed E-state index contributed by atoms with van der Waals surface area (Å²) in [7, 11) is 2.63. The van der Waals surface area contributed by atoms with Gasteiger partial charge in [-0.1, -0.05) is 52.0 Å². The zero-order valence-electron chi connectivity index (χ0n) is 42.7. The minimum absolute atomic E-state index is 0.0852. The topological polar surface area (TPSA) is 178 Å². The standard InChI is InChI=1S/C57H71N9O6/c1-31(2)48(62-54(69)71-5)52(67)64-21-7-9-46(64)50-58-40-17-11-34(24-42(40)60-50)44-19-20-45(66(44)38-15-13-37(14-16-38)56-26-33-23-36-28-57(27-33,30-56)39(36)29-56)35-12-18-41-43(25-35)61-51(59-41)47-10-8-22-65(47)53(68)49(32(3)4)63-55(70)72-6/h11-18,24-25,31-33,36,39,44-49H,7-10,19-23,26-30H2,1-6H3,(H,58,60)(H,59,61)(H,62,69)(H,63,70). The molecule has 11 atom stereocenters. The average Bonchev–Trinajstić information content (AvgIpc) is 4.25. The van der Waals surface area contributed by atoms with Crippen molar-refractivity contribution in [3.8, 4) is 0 Å². The number of likely N-dealkylation sites (tertiary alicyclic amines) is 2. The fourth-order valence-electron chi connectivity index (χ4n) is 15.8. The first-order chi connectivity index (χ1) is 34.7. The lowest BCUT2D eigenvalue weighted by Gasteiger charge is -2.61. The maximum Gasteiger partial charge on any atom is 0.407 e. The van der Waals surface area contributed by atoms with Gasteiger partial charge in [0.05, 0.1) is 60.5 Å². The lowest BCUT2D eigenvalue weighted by molar-refractivity contribution is -0.136. The Labute approximate surface area is 421 Å². The molecule has 5 saturated carbocycles. The number of hydrogen-bond donors (Lipinski definition) is 4. The number of amides is 4. The predicted molar refractivity (Wildman–Crippen MR) is 274 cm³/mol. The molecule has 2 aromatic heterocycles. The van der Waals surface area contributed by atoms with Gasteiger partial charge in [-0.25, -0.2) is 19.6 Å². The molecule has 3 aromatic carbocycles. The minimum atomic E-state index is -0.701. The summed E-state index contributed by atoms with van der Waals surface area (Å²) in [5, 5.41) is 5.54. The Bertz CT molecular complexity index is 2780. The van der Waals surface area contributed by atoms with Gasteiger partial charge in [-0.05, 0) is 171 Å². The molecular weight excluding hydrogens is 907 g/mol. The van der Waals surface area contributed by atoms with Crippen LogP contribution in [0.2, 0.25) is 0 Å². The Morgan fingerprint density at radius 1 is 0.653 bits per heavy atom. The van der Waals surface area contributed by atoms with Crippen LogP contribution in [-0.4, -0.2) is 93.1 Å². The highest BCUT2D eigenvalue weighted by Gasteiger charge is 2.70. The number of nitrogens with zero attached hydrogens (tertiary/aromatic N) is 5. The third kappa shape index (κ3) is 7.72. The fourth-order valence-corrected chi connectivity index (χ4v) is 15.8. The molecule has 5 aliphatic carbocycles. The zero-order valence-corrected chi connectivity index (χ0v) is 42.7. The number of fused-ring (bicyclic) bond motifs is 3. The molecule has 15 heteroatoms. The van der Waals surface area contributed by atoms with E-state index in [4.69, 9.17) is 19.4 Å². The summed E-state index contributed by atoms with van der Waals surface area (Å²) in [4.78, 5) is 76.4. The first-order valence-corrected chi connectivity index (χ1v) is 26.9. The summed E-state index contributed by atoms with van der Waals surface area (Å²) >= 11 is 0. The molecule has 8 fully saturated rings. The van der Waals surface area contributed by atoms with Gasteiger partial charge >= 0.3 is 12.2 Å². The summed E-state index contributed by atoms with van der Waals surface area (Å²) < 4.78 is 9.74. The van der Waals surface area contributed by atoms with E-state index in [2.05, 4.69) is 86.2 Å². The molecule has 11 unspecified atom stereocenters. The molecule has 15 nitrogen and oxygen atoms in total. The molecule has 3 aliphatic heterocycles. The molecule has 5 heterocycles. The van der Waals surface area contributed by atoms with Gasteiger partial charge in [0.25, 0.3) is 0 Å². The SMILES string of the molecule is COC(=O)NC(C(=O)N1CCCC1c1nc2ccc(C3CCC(c4ccc5nc(C6CCCN6C(=O)C(NC(=O)OC)C(C)C)[nH]c5c4)N3c3ccc(C45CC6CC7CC(C6)(C4)C7C5)cc3)cc2[nH]1)C(C)C. The van der Waals surface area contributed by atoms with E-state index < -0.39 is 24.3 Å². The highest BCUT2D eigenvalue weighted by atomic mass is 16.5. The summed E-state index contributed by atoms with van der Waals surface area (Å²) in [6, 6.07) is 21.4. The van der Waals surface area contributed by atoms with Gasteiger partial charge in [-0.3, -0.25) is 9.59 Å². The number of benzene rings is 3. The number of aromatic amines is 2. The van der Waals surface area contributed by atoms with Crippen LogP contribution in [0.3, 0.4) is 0 Å². The van der Waals surface area contributed by atoms with Crippen molar-refractivity contribution < 1.29 is 28.7 Å². The number of rotatable bonds is 12. The lowest BCUT2D eigenvalue weighted by atomic mass is 9.44. The number of ether oxygens (including phenoxy) is 2. The Kier molecular flexibility index (Phi) is 11.6. The number of alkyl carbamates (subject to hydrolysis) is 2. The van der Waals surface area contributed by atoms with Crippen LogP contribution in [0, 0.1) is 35.0 Å². The van der Waals surface area contributed by atoms with Crippen LogP contribution < -0.4 is 15.5 Å². The van der Waals surface area contributed by atoms with Crippen LogP contribution in [0.25, 0.3) is 22.1 Å². The number of anilines is 1. The van der Waals surface area contributed by atoms with E-state index in [0.29, 0.717) is 23.9 Å². The second-order valence-electron chi connectivity index (χ2n) is 23.6. The number of hydrogen-bond acceptors (Lipinski definition) is 9. The summed E-state index contributed by atoms with van der Waals surface area (Å²) in [5.74, 6) is 3.82. The summed E-state index contributed by atoms with van der Waals surface area (Å²) in [5.41, 5.74) is 9.72. The predicted octanol–water partition coefficient (Wildman–Crippen LogP) is 10.1. The van der Waals surface area contributed by atoms with E-state index in [-0.39, 0.29) is 47.8 Å². The number of methoxy groups -OCH3 is 2. The molecule has 8 aliphatic rings. The van der Waals surface area contributed by atoms with Gasteiger partial charge < -0.3 is 44.8 Å². The van der Waals surface area contributed by atoms with Gasteiger partial charge in [0.2, 0.25) is 11.8 Å². The third-order valence-electron chi connectivity index (χ3n) is 18.8. The molecule has 13 rings (SSSR count). The molecule has 4 amide bonds. The zero-order chi connectivity index (χ0) is 49.8. The second-order valence-corrected chi connectivity index (χ2v) is 23.6. The van der Waals surface area contributed by atoms with Crippen molar-refractivity contribution in [2.45, 2.75) is 146 Å². The molecule has 1 spiro atoms. The first kappa shape index (κ1) is 46.9. The van der Waals surface area contributed by atoms with E-state index in [9.17, 15) is 19.2 Å². The van der Waals surface area contributed by atoms with Crippen molar-refractivity contribution in [2.24, 2.45) is 35.0 Å². The first-order valence-electron chi connectivity index (χ1n) is 26.9. The molecule has 72 heavy (non-hydrogen) atoms. The average molecular weight is 978 g/mol. The normalized spacial score (nSPS) is 30.1. The summed E-state index contributed by atoms with van der Waals surface area (Å²) in [6.45, 7) is 8.92. The monoisotopic (exact) mass is 978 g/mol. The van der Waals surface area contributed by atoms with E-state index in [0.717, 1.165) is 90.0 Å². The van der Waals surface area contributed by atoms with Gasteiger partial charge in [0.1, 0.15) is 23.7 Å². The second kappa shape index (κ2) is 17.8. The van der Waals surface area contributed by atoms with Crippen molar-refractivity contribution >= 4 is 51.8 Å². The smallest absolute Gasteiger partial charge is 0.407 e. The van der Waals surface area contributed by atoms with Crippen LogP contribution in [0.1, 0.15) is 157 Å². The maximum absolute atomic E-state index is 14.0. The Morgan fingerprint density at radius 3 is 1.68 bits per heavy atom. The fraction of sp³-hybridized carbons (Fsp3) is 0.579. The van der Waals surface area contributed by atoms with Gasteiger partial charge in [0, 0.05) is 18.8 Å². The van der Waals surface area contributed by atoms with Crippen molar-refractivity contribution in [3.63, 3.8) is 0 Å². The van der Waals surface area contributed by atoms with Crippen molar-refractivity contribution in [3.05, 3.63) is 89.0 Å². The molecule has 4 N–H and O–H groups in total. The van der Waals surface area contributed by atoms with Crippen LogP contribution >= 0.6 is 0 Å². The maximum atomic E-state index is 14.0. The minimum Gasteiger partial charge on any atom is -0.453 e. The van der Waals surface area contributed by atoms with Crippen LogP contribution in [0.4, 0.5) is 15.3 Å². The van der Waals surface area contributed by atoms with Crippen LogP contribution in [-0.2, 0) is 24.5 Å². The number of H-pyrrole nitrogens is 2. The van der Waals surface area contributed by atoms with E-state index in [1.807, 2.05) is 37.5 Å². The van der Waals surface area contributed by atoms with Gasteiger partial charge in [0.15, 0.2) is 0 Å². The van der Waals surface area contributed by atoms with E-state index >= 15 is 0 Å². The number of carbonyl (C=O) groups excluding carboxylic acids is 4. The Balaban J connectivity index is 0.854. The van der Waals surface area contributed by atoms with E-state index in [1.54, 1.807) is 0 Å². The Hall–Kier alpha value is -6.12. The molecular formula is C57H71N9O6. The number of imidazole rings is 2. The molecule has 380 valence electrons. The van der Waals surface area contributed by atoms with Crippen LogP contribution in [0.5, 0.6) is 0 Å². The van der Waals surface area contributed by atoms with Crippen LogP contribution in [0.15, 0.2) is 60.7 Å². The number of aromatic nitrogens is 4. The highest BCUT2D eigenvalue weighted by molar-refractivity contribution is 5.88. The van der Waals surface area contributed by atoms with Crippen molar-refractivity contribution in [1.82, 2.24) is 40.4 Å². The van der Waals surface area contributed by atoms with Crippen molar-refractivity contribution in [2.75, 3.05) is 32.2 Å². The molecule has 3 saturated heterocycles. The summed E-state index contributed by atoms with van der Waals surface area (Å²) in [6.07, 6.45) is 12.4. The third-order valence-corrected chi connectivity index (χ3v) is 18.8. The van der Waals surface area contributed by atoms with Gasteiger partial charge in [-0.15, -0.1) is 0 Å². The van der Waals surface area contributed by atoms with Gasteiger partial charge in [-0.2, -0.15) is 0 Å². The molecule has 5 aromatic rings. The highest BCUT2D eigenvalue weighted by Crippen LogP contribution is 2.78.